The van der Waals surface area contributed by atoms with Crippen molar-refractivity contribution in [3.05, 3.63) is 34.9 Å². The fourth-order valence-corrected chi connectivity index (χ4v) is 1.09. The minimum Gasteiger partial charge on any atom is -0.487 e. The van der Waals surface area contributed by atoms with Crippen molar-refractivity contribution in [2.24, 2.45) is 0 Å². The van der Waals surface area contributed by atoms with E-state index in [1.54, 1.807) is 0 Å². The predicted molar refractivity (Wildman–Crippen MR) is 60.7 cm³/mol. The van der Waals surface area contributed by atoms with Crippen molar-refractivity contribution in [2.75, 3.05) is 12.3 Å². The molecule has 14 heavy (non-hydrogen) atoms. The molecule has 0 aromatic heterocycles. The van der Waals surface area contributed by atoms with Gasteiger partial charge in [0, 0.05) is 5.54 Å². The predicted octanol–water partition coefficient (Wildman–Crippen LogP) is 3.10. The molecule has 0 fully saturated rings. The summed E-state index contributed by atoms with van der Waals surface area (Å²) < 4.78 is 5.47. The molecule has 0 bridgehead atoms. The summed E-state index contributed by atoms with van der Waals surface area (Å²) in [6.45, 7) is 4.36. The van der Waals surface area contributed by atoms with Crippen molar-refractivity contribution in [2.45, 2.75) is 13.8 Å². The Morgan fingerprint density at radius 1 is 1.57 bits per heavy atom. The number of ether oxygens (including phenoxy) is 1. The van der Waals surface area contributed by atoms with Gasteiger partial charge in [0.1, 0.15) is 12.4 Å². The van der Waals surface area contributed by atoms with E-state index < -0.39 is 0 Å². The minimum absolute atomic E-state index is 0.469. The number of halogens is 1. The first-order chi connectivity index (χ1) is 6.63. The van der Waals surface area contributed by atoms with E-state index in [0.29, 0.717) is 18.0 Å². The summed E-state index contributed by atoms with van der Waals surface area (Å²) in [4.78, 5) is 0. The van der Waals surface area contributed by atoms with Crippen LogP contribution in [0.15, 0.2) is 29.3 Å². The van der Waals surface area contributed by atoms with Crippen LogP contribution in [0.4, 0.5) is 5.69 Å². The molecule has 2 nitrogen and oxygen atoms in total. The number of aryl methyl sites for hydroxylation is 1. The van der Waals surface area contributed by atoms with Crippen molar-refractivity contribution < 1.29 is 4.74 Å². The van der Waals surface area contributed by atoms with Crippen LogP contribution >= 0.6 is 11.6 Å². The Labute approximate surface area is 89.3 Å². The summed E-state index contributed by atoms with van der Waals surface area (Å²) >= 11 is 5.51. The number of hydrogen-bond donors (Lipinski definition) is 1. The second-order valence-corrected chi connectivity index (χ2v) is 3.50. The van der Waals surface area contributed by atoms with Crippen molar-refractivity contribution in [1.29, 1.82) is 0 Å². The molecule has 0 aliphatic rings. The van der Waals surface area contributed by atoms with E-state index in [2.05, 4.69) is 0 Å². The van der Waals surface area contributed by atoms with Gasteiger partial charge in [-0.05, 0) is 37.1 Å². The molecule has 2 N–H and O–H groups in total. The fraction of sp³-hybridized carbons (Fsp3) is 0.273. The molecule has 3 heteroatoms. The van der Waals surface area contributed by atoms with Crippen molar-refractivity contribution in [3.8, 4) is 5.75 Å². The number of nitrogens with two attached hydrogens (primary N) is 1. The van der Waals surface area contributed by atoms with Crippen LogP contribution in [0, 0.1) is 6.92 Å². The summed E-state index contributed by atoms with van der Waals surface area (Å²) in [5.74, 6) is 0.702. The Balaban J connectivity index is 2.68. The molecule has 76 valence electrons. The Hall–Kier alpha value is -1.15. The van der Waals surface area contributed by atoms with Gasteiger partial charge in [0.15, 0.2) is 0 Å². The fourth-order valence-electron chi connectivity index (χ4n) is 1.02. The van der Waals surface area contributed by atoms with Gasteiger partial charge < -0.3 is 10.5 Å². The third-order valence-electron chi connectivity index (χ3n) is 1.81. The van der Waals surface area contributed by atoms with Crippen LogP contribution in [0.1, 0.15) is 12.5 Å². The van der Waals surface area contributed by atoms with Gasteiger partial charge in [-0.25, -0.2) is 0 Å². The summed E-state index contributed by atoms with van der Waals surface area (Å²) in [5.41, 5.74) is 10.0. The van der Waals surface area contributed by atoms with E-state index in [-0.39, 0.29) is 0 Å². The molecule has 0 atom stereocenters. The van der Waals surface area contributed by atoms with E-state index in [4.69, 9.17) is 22.1 Å². The Kier molecular flexibility index (Phi) is 3.84. The van der Waals surface area contributed by atoms with Crippen molar-refractivity contribution in [1.82, 2.24) is 0 Å². The standard InChI is InChI=1S/C11H14ClNO/c1-8-3-4-11(10(13)5-8)14-7-9(2)6-12/h3-6H,7,13H2,1-2H3/b9-6-. The molecule has 0 saturated heterocycles. The van der Waals surface area contributed by atoms with Crippen LogP contribution in [0.5, 0.6) is 5.75 Å². The molecule has 0 saturated carbocycles. The molecule has 0 aliphatic heterocycles. The zero-order chi connectivity index (χ0) is 10.6. The third-order valence-corrected chi connectivity index (χ3v) is 2.18. The monoisotopic (exact) mass is 211 g/mol. The number of anilines is 1. The molecule has 0 spiro atoms. The summed E-state index contributed by atoms with van der Waals surface area (Å²) in [6, 6.07) is 5.71. The van der Waals surface area contributed by atoms with Crippen LogP contribution in [0.25, 0.3) is 0 Å². The van der Waals surface area contributed by atoms with Crippen LogP contribution in [0.2, 0.25) is 0 Å². The van der Waals surface area contributed by atoms with E-state index in [0.717, 1.165) is 11.1 Å². The molecular weight excluding hydrogens is 198 g/mol. The van der Waals surface area contributed by atoms with Crippen molar-refractivity contribution in [3.63, 3.8) is 0 Å². The lowest BCUT2D eigenvalue weighted by Crippen LogP contribution is -2.01. The summed E-state index contributed by atoms with van der Waals surface area (Å²) in [7, 11) is 0. The van der Waals surface area contributed by atoms with Gasteiger partial charge in [-0.3, -0.25) is 0 Å². The van der Waals surface area contributed by atoms with Gasteiger partial charge in [-0.1, -0.05) is 17.7 Å². The molecule has 1 aromatic rings. The molecule has 0 unspecified atom stereocenters. The zero-order valence-electron chi connectivity index (χ0n) is 8.38. The van der Waals surface area contributed by atoms with Crippen LogP contribution in [-0.2, 0) is 0 Å². The molecule has 1 rings (SSSR count). The largest absolute Gasteiger partial charge is 0.487 e. The highest BCUT2D eigenvalue weighted by molar-refractivity contribution is 6.25. The second-order valence-electron chi connectivity index (χ2n) is 3.29. The van der Waals surface area contributed by atoms with Gasteiger partial charge in [0.25, 0.3) is 0 Å². The minimum atomic E-state index is 0.469. The summed E-state index contributed by atoms with van der Waals surface area (Å²) in [5, 5.41) is 0. The molecule has 0 radical (unpaired) electrons. The van der Waals surface area contributed by atoms with Crippen LogP contribution < -0.4 is 10.5 Å². The first-order valence-corrected chi connectivity index (χ1v) is 4.82. The highest BCUT2D eigenvalue weighted by Crippen LogP contribution is 2.22. The molecule has 0 heterocycles. The first-order valence-electron chi connectivity index (χ1n) is 4.38. The number of rotatable bonds is 3. The topological polar surface area (TPSA) is 35.2 Å². The maximum absolute atomic E-state index is 5.77. The van der Waals surface area contributed by atoms with Gasteiger partial charge in [0.2, 0.25) is 0 Å². The van der Waals surface area contributed by atoms with E-state index in [9.17, 15) is 0 Å². The summed E-state index contributed by atoms with van der Waals surface area (Å²) in [6.07, 6.45) is 0. The van der Waals surface area contributed by atoms with Gasteiger partial charge in [-0.15, -0.1) is 0 Å². The van der Waals surface area contributed by atoms with E-state index >= 15 is 0 Å². The Morgan fingerprint density at radius 3 is 2.86 bits per heavy atom. The van der Waals surface area contributed by atoms with Gasteiger partial charge in [-0.2, -0.15) is 0 Å². The number of hydrogen-bond acceptors (Lipinski definition) is 2. The third kappa shape index (κ3) is 2.96. The van der Waals surface area contributed by atoms with Crippen LogP contribution in [-0.4, -0.2) is 6.61 Å². The maximum atomic E-state index is 5.77. The lowest BCUT2D eigenvalue weighted by molar-refractivity contribution is 0.354. The molecule has 1 aromatic carbocycles. The SMILES string of the molecule is C/C(=C/Cl)COc1ccc(C)cc1N. The normalized spacial score (nSPS) is 11.5. The number of nitrogen functional groups attached to an aromatic ring is 1. The highest BCUT2D eigenvalue weighted by atomic mass is 35.5. The lowest BCUT2D eigenvalue weighted by atomic mass is 10.2. The highest BCUT2D eigenvalue weighted by Gasteiger charge is 2.00. The average molecular weight is 212 g/mol. The first kappa shape index (κ1) is 10.9. The molecular formula is C11H14ClNO. The van der Waals surface area contributed by atoms with E-state index in [1.165, 1.54) is 5.54 Å². The Bertz CT molecular complexity index is 347. The van der Waals surface area contributed by atoms with Gasteiger partial charge >= 0.3 is 0 Å². The Morgan fingerprint density at radius 2 is 2.29 bits per heavy atom. The quantitative estimate of drug-likeness (QED) is 0.780. The maximum Gasteiger partial charge on any atom is 0.142 e. The average Bonchev–Trinajstić information content (AvgIpc) is 2.16. The van der Waals surface area contributed by atoms with Crippen molar-refractivity contribution >= 4 is 17.3 Å². The number of benzene rings is 1. The molecule has 0 aliphatic carbocycles. The van der Waals surface area contributed by atoms with Crippen LogP contribution in [0.3, 0.4) is 0 Å². The second kappa shape index (κ2) is 4.91. The van der Waals surface area contributed by atoms with E-state index in [1.807, 2.05) is 32.0 Å². The zero-order valence-corrected chi connectivity index (χ0v) is 9.14. The van der Waals surface area contributed by atoms with Gasteiger partial charge in [0.05, 0.1) is 5.69 Å². The lowest BCUT2D eigenvalue weighted by Gasteiger charge is -2.08. The smallest absolute Gasteiger partial charge is 0.142 e. The molecule has 0 amide bonds.